The van der Waals surface area contributed by atoms with Crippen LogP contribution in [0.15, 0.2) is 24.3 Å². The molecule has 5 nitrogen and oxygen atoms in total. The third-order valence-electron chi connectivity index (χ3n) is 5.23. The van der Waals surface area contributed by atoms with Crippen LogP contribution < -0.4 is 10.2 Å². The lowest BCUT2D eigenvalue weighted by Gasteiger charge is -2.39. The molecular weight excluding hydrogens is 302 g/mol. The van der Waals surface area contributed by atoms with Crippen LogP contribution in [-0.4, -0.2) is 41.5 Å². The van der Waals surface area contributed by atoms with Crippen molar-refractivity contribution in [1.82, 2.24) is 10.2 Å². The Labute approximate surface area is 144 Å². The fourth-order valence-corrected chi connectivity index (χ4v) is 3.85. The van der Waals surface area contributed by atoms with E-state index in [0.717, 1.165) is 18.5 Å². The lowest BCUT2D eigenvalue weighted by atomic mass is 9.98. The van der Waals surface area contributed by atoms with Crippen LogP contribution in [0.4, 0.5) is 10.5 Å². The topological polar surface area (TPSA) is 52.7 Å². The maximum Gasteiger partial charge on any atom is 0.318 e. The van der Waals surface area contributed by atoms with Crippen molar-refractivity contribution in [3.05, 3.63) is 29.8 Å². The molecule has 2 heterocycles. The number of aryl methyl sites for hydroxylation is 1. The Morgan fingerprint density at radius 3 is 2.38 bits per heavy atom. The van der Waals surface area contributed by atoms with Gasteiger partial charge in [-0.2, -0.15) is 0 Å². The van der Waals surface area contributed by atoms with Gasteiger partial charge >= 0.3 is 6.03 Å². The average molecular weight is 329 g/mol. The van der Waals surface area contributed by atoms with E-state index in [4.69, 9.17) is 0 Å². The molecule has 3 atom stereocenters. The monoisotopic (exact) mass is 329 g/mol. The second kappa shape index (κ2) is 6.83. The van der Waals surface area contributed by atoms with Crippen molar-refractivity contribution in [2.45, 2.75) is 64.6 Å². The van der Waals surface area contributed by atoms with Crippen molar-refractivity contribution >= 4 is 17.6 Å². The normalized spacial score (nSPS) is 27.5. The van der Waals surface area contributed by atoms with Gasteiger partial charge in [-0.15, -0.1) is 0 Å². The molecule has 5 heteroatoms. The first-order chi connectivity index (χ1) is 11.5. The SMILES string of the molecule is Cc1ccc(N2C[C@@H](NC(=O)N3[C@@H](C)CCC[C@@H]3C)CC2=O)cc1. The van der Waals surface area contributed by atoms with E-state index in [1.807, 2.05) is 36.1 Å². The lowest BCUT2D eigenvalue weighted by molar-refractivity contribution is -0.117. The largest absolute Gasteiger partial charge is 0.333 e. The first-order valence-electron chi connectivity index (χ1n) is 8.91. The average Bonchev–Trinajstić information content (AvgIpc) is 2.88. The van der Waals surface area contributed by atoms with E-state index in [-0.39, 0.29) is 30.1 Å². The van der Waals surface area contributed by atoms with E-state index < -0.39 is 0 Å². The lowest BCUT2D eigenvalue weighted by Crippen LogP contribution is -2.54. The van der Waals surface area contributed by atoms with Crippen LogP contribution in [0.1, 0.15) is 45.1 Å². The predicted molar refractivity (Wildman–Crippen MR) is 95.1 cm³/mol. The van der Waals surface area contributed by atoms with Crippen molar-refractivity contribution in [2.75, 3.05) is 11.4 Å². The number of hydrogen-bond acceptors (Lipinski definition) is 2. The number of urea groups is 1. The van der Waals surface area contributed by atoms with Crippen LogP contribution in [-0.2, 0) is 4.79 Å². The van der Waals surface area contributed by atoms with Crippen molar-refractivity contribution in [2.24, 2.45) is 0 Å². The Morgan fingerprint density at radius 1 is 1.12 bits per heavy atom. The number of likely N-dealkylation sites (tertiary alicyclic amines) is 1. The van der Waals surface area contributed by atoms with Gasteiger partial charge in [0.25, 0.3) is 0 Å². The highest BCUT2D eigenvalue weighted by atomic mass is 16.2. The highest BCUT2D eigenvalue weighted by Gasteiger charge is 2.35. The van der Waals surface area contributed by atoms with E-state index in [1.165, 1.54) is 12.0 Å². The predicted octanol–water partition coefficient (Wildman–Crippen LogP) is 3.07. The van der Waals surface area contributed by atoms with Gasteiger partial charge in [0.1, 0.15) is 0 Å². The molecule has 0 spiro atoms. The van der Waals surface area contributed by atoms with Crippen molar-refractivity contribution in [3.8, 4) is 0 Å². The number of piperidine rings is 1. The Balaban J connectivity index is 1.63. The van der Waals surface area contributed by atoms with E-state index >= 15 is 0 Å². The molecule has 0 saturated carbocycles. The zero-order valence-corrected chi connectivity index (χ0v) is 14.8. The maximum atomic E-state index is 12.7. The minimum atomic E-state index is -0.118. The van der Waals surface area contributed by atoms with Crippen molar-refractivity contribution in [3.63, 3.8) is 0 Å². The second-order valence-electron chi connectivity index (χ2n) is 7.23. The Hall–Kier alpha value is -2.04. The number of carbonyl (C=O) groups is 2. The van der Waals surface area contributed by atoms with E-state index in [0.29, 0.717) is 13.0 Å². The minimum Gasteiger partial charge on any atom is -0.333 e. The number of anilines is 1. The van der Waals surface area contributed by atoms with Crippen LogP contribution in [0, 0.1) is 6.92 Å². The number of nitrogens with zero attached hydrogens (tertiary/aromatic N) is 2. The zero-order chi connectivity index (χ0) is 17.3. The van der Waals surface area contributed by atoms with E-state index in [9.17, 15) is 9.59 Å². The molecule has 2 saturated heterocycles. The summed E-state index contributed by atoms with van der Waals surface area (Å²) in [5.74, 6) is 0.0731. The van der Waals surface area contributed by atoms with Gasteiger partial charge in [-0.05, 0) is 52.2 Å². The summed E-state index contributed by atoms with van der Waals surface area (Å²) in [5, 5.41) is 3.08. The molecule has 1 aromatic rings. The molecule has 0 bridgehead atoms. The Bertz CT molecular complexity index is 604. The summed E-state index contributed by atoms with van der Waals surface area (Å²) in [5.41, 5.74) is 2.07. The number of benzene rings is 1. The number of hydrogen-bond donors (Lipinski definition) is 1. The molecule has 24 heavy (non-hydrogen) atoms. The molecule has 0 unspecified atom stereocenters. The molecule has 3 rings (SSSR count). The highest BCUT2D eigenvalue weighted by molar-refractivity contribution is 5.96. The summed E-state index contributed by atoms with van der Waals surface area (Å²) in [6.07, 6.45) is 3.65. The quantitative estimate of drug-likeness (QED) is 0.906. The third kappa shape index (κ3) is 3.40. The number of carbonyl (C=O) groups excluding carboxylic acids is 2. The smallest absolute Gasteiger partial charge is 0.318 e. The fourth-order valence-electron chi connectivity index (χ4n) is 3.85. The Kier molecular flexibility index (Phi) is 4.78. The van der Waals surface area contributed by atoms with Crippen LogP contribution in [0.25, 0.3) is 0 Å². The Morgan fingerprint density at radius 2 is 1.75 bits per heavy atom. The van der Waals surface area contributed by atoms with Crippen molar-refractivity contribution < 1.29 is 9.59 Å². The van der Waals surface area contributed by atoms with Gasteiger partial charge in [0.2, 0.25) is 5.91 Å². The minimum absolute atomic E-state index is 0.0294. The van der Waals surface area contributed by atoms with Crippen molar-refractivity contribution in [1.29, 1.82) is 0 Å². The first kappa shape index (κ1) is 16.8. The summed E-state index contributed by atoms with van der Waals surface area (Å²) < 4.78 is 0. The summed E-state index contributed by atoms with van der Waals surface area (Å²) in [6.45, 7) is 6.78. The molecule has 2 aliphatic heterocycles. The molecule has 2 fully saturated rings. The van der Waals surface area contributed by atoms with E-state index in [2.05, 4.69) is 19.2 Å². The zero-order valence-electron chi connectivity index (χ0n) is 14.8. The molecule has 1 aromatic carbocycles. The van der Waals surface area contributed by atoms with Crippen LogP contribution in [0.5, 0.6) is 0 Å². The van der Waals surface area contributed by atoms with Gasteiger partial charge in [-0.3, -0.25) is 4.79 Å². The van der Waals surface area contributed by atoms with Crippen LogP contribution in [0.2, 0.25) is 0 Å². The molecule has 0 aromatic heterocycles. The second-order valence-corrected chi connectivity index (χ2v) is 7.23. The van der Waals surface area contributed by atoms with Crippen LogP contribution >= 0.6 is 0 Å². The summed E-state index contributed by atoms with van der Waals surface area (Å²) in [7, 11) is 0. The molecule has 130 valence electrons. The van der Waals surface area contributed by atoms with Gasteiger partial charge in [0, 0.05) is 30.7 Å². The van der Waals surface area contributed by atoms with Crippen LogP contribution in [0.3, 0.4) is 0 Å². The summed E-state index contributed by atoms with van der Waals surface area (Å²) >= 11 is 0. The number of nitrogens with one attached hydrogen (secondary N) is 1. The van der Waals surface area contributed by atoms with Gasteiger partial charge in [0.05, 0.1) is 6.04 Å². The van der Waals surface area contributed by atoms with Gasteiger partial charge < -0.3 is 15.1 Å². The first-order valence-corrected chi connectivity index (χ1v) is 8.91. The third-order valence-corrected chi connectivity index (χ3v) is 5.23. The molecule has 3 amide bonds. The van der Waals surface area contributed by atoms with Gasteiger partial charge in [-0.1, -0.05) is 17.7 Å². The molecule has 0 aliphatic carbocycles. The van der Waals surface area contributed by atoms with Gasteiger partial charge in [-0.25, -0.2) is 4.79 Å². The van der Waals surface area contributed by atoms with E-state index in [1.54, 1.807) is 4.90 Å². The standard InChI is InChI=1S/C19H27N3O2/c1-13-7-9-17(10-8-13)21-12-16(11-18(21)23)20-19(24)22-14(2)5-4-6-15(22)3/h7-10,14-16H,4-6,11-12H2,1-3H3,(H,20,24)/t14-,15-,16-/m0/s1. The summed E-state index contributed by atoms with van der Waals surface area (Å²) in [4.78, 5) is 28.7. The molecule has 2 aliphatic rings. The number of rotatable bonds is 2. The highest BCUT2D eigenvalue weighted by Crippen LogP contribution is 2.24. The fraction of sp³-hybridized carbons (Fsp3) is 0.579. The number of amides is 3. The molecule has 1 N–H and O–H groups in total. The van der Waals surface area contributed by atoms with Gasteiger partial charge in [0.15, 0.2) is 0 Å². The molecule has 0 radical (unpaired) electrons. The molecular formula is C19H27N3O2. The maximum absolute atomic E-state index is 12.7. The summed E-state index contributed by atoms with van der Waals surface area (Å²) in [6, 6.07) is 8.32.